The fourth-order valence-corrected chi connectivity index (χ4v) is 1.14. The number of carbonyl (C=O) groups is 1. The summed E-state index contributed by atoms with van der Waals surface area (Å²) in [6.45, 7) is 0.488. The van der Waals surface area contributed by atoms with Crippen LogP contribution in [0, 0.1) is 0 Å². The fourth-order valence-electron chi connectivity index (χ4n) is 0.932. The third-order valence-corrected chi connectivity index (χ3v) is 1.93. The van der Waals surface area contributed by atoms with E-state index in [9.17, 15) is 4.79 Å². The molecule has 0 saturated carbocycles. The van der Waals surface area contributed by atoms with Gasteiger partial charge in [0.2, 0.25) is 0 Å². The molecule has 1 amide bonds. The van der Waals surface area contributed by atoms with Crippen molar-refractivity contribution in [2.75, 3.05) is 13.2 Å². The maximum absolute atomic E-state index is 11.4. The van der Waals surface area contributed by atoms with E-state index in [0.29, 0.717) is 18.5 Å². The molecule has 1 aromatic rings. The van der Waals surface area contributed by atoms with Gasteiger partial charge in [-0.15, -0.1) is 0 Å². The number of aliphatic hydroxyl groups excluding tert-OH is 1. The minimum Gasteiger partial charge on any atom is -0.396 e. The summed E-state index contributed by atoms with van der Waals surface area (Å²) in [6, 6.07) is 3.25. The molecule has 0 fully saturated rings. The van der Waals surface area contributed by atoms with Gasteiger partial charge in [0, 0.05) is 19.3 Å². The van der Waals surface area contributed by atoms with Gasteiger partial charge in [-0.25, -0.2) is 4.98 Å². The molecule has 0 aliphatic rings. The lowest BCUT2D eigenvalue weighted by atomic mass is 10.2. The van der Waals surface area contributed by atoms with Crippen LogP contribution in [0.5, 0.6) is 0 Å². The van der Waals surface area contributed by atoms with Crippen molar-refractivity contribution < 1.29 is 9.90 Å². The molecule has 1 aromatic heterocycles. The zero-order chi connectivity index (χ0) is 10.4. The Kier molecular flexibility index (Phi) is 4.35. The molecule has 0 bridgehead atoms. The molecule has 0 unspecified atom stereocenters. The summed E-state index contributed by atoms with van der Waals surface area (Å²) < 4.78 is 0. The summed E-state index contributed by atoms with van der Waals surface area (Å²) in [6.07, 6.45) is 2.05. The van der Waals surface area contributed by atoms with Crippen LogP contribution >= 0.6 is 11.6 Å². The molecule has 0 radical (unpaired) electrons. The Morgan fingerprint density at radius 1 is 1.64 bits per heavy atom. The van der Waals surface area contributed by atoms with Gasteiger partial charge in [0.1, 0.15) is 5.15 Å². The average molecular weight is 215 g/mol. The fraction of sp³-hybridized carbons (Fsp3) is 0.333. The summed E-state index contributed by atoms with van der Waals surface area (Å²) in [4.78, 5) is 15.2. The first-order valence-corrected chi connectivity index (χ1v) is 4.63. The number of aliphatic hydroxyl groups is 1. The van der Waals surface area contributed by atoms with Gasteiger partial charge < -0.3 is 10.4 Å². The van der Waals surface area contributed by atoms with Crippen molar-refractivity contribution in [1.82, 2.24) is 10.3 Å². The molecule has 1 rings (SSSR count). The van der Waals surface area contributed by atoms with E-state index in [4.69, 9.17) is 16.7 Å². The molecular weight excluding hydrogens is 204 g/mol. The number of pyridine rings is 1. The van der Waals surface area contributed by atoms with Gasteiger partial charge in [0.05, 0.1) is 5.56 Å². The standard InChI is InChI=1S/C9H11ClN2O2/c10-8-7(3-1-4-11-8)9(14)12-5-2-6-13/h1,3-4,13H,2,5-6H2,(H,12,14). The molecular formula is C9H11ClN2O2. The van der Waals surface area contributed by atoms with Gasteiger partial charge in [-0.2, -0.15) is 0 Å². The highest BCUT2D eigenvalue weighted by Crippen LogP contribution is 2.10. The molecule has 5 heteroatoms. The van der Waals surface area contributed by atoms with Gasteiger partial charge in [-0.3, -0.25) is 4.79 Å². The Balaban J connectivity index is 2.56. The van der Waals surface area contributed by atoms with Gasteiger partial charge in [-0.05, 0) is 18.6 Å². The summed E-state index contributed by atoms with van der Waals surface area (Å²) in [5.41, 5.74) is 0.354. The number of halogens is 1. The quantitative estimate of drug-likeness (QED) is 0.577. The number of hydrogen-bond donors (Lipinski definition) is 2. The zero-order valence-corrected chi connectivity index (χ0v) is 8.29. The van der Waals surface area contributed by atoms with Gasteiger partial charge >= 0.3 is 0 Å². The summed E-state index contributed by atoms with van der Waals surface area (Å²) in [5.74, 6) is -0.267. The molecule has 4 nitrogen and oxygen atoms in total. The van der Waals surface area contributed by atoms with Crippen LogP contribution in [0.2, 0.25) is 5.15 Å². The summed E-state index contributed by atoms with van der Waals surface area (Å²) in [5, 5.41) is 11.3. The van der Waals surface area contributed by atoms with Crippen molar-refractivity contribution in [1.29, 1.82) is 0 Å². The molecule has 76 valence electrons. The van der Waals surface area contributed by atoms with Crippen molar-refractivity contribution in [3.05, 3.63) is 29.0 Å². The molecule has 0 aromatic carbocycles. The van der Waals surface area contributed by atoms with Crippen LogP contribution in [0.25, 0.3) is 0 Å². The van der Waals surface area contributed by atoms with Crippen molar-refractivity contribution >= 4 is 17.5 Å². The minimum atomic E-state index is -0.267. The number of hydrogen-bond acceptors (Lipinski definition) is 3. The number of amides is 1. The number of aromatic nitrogens is 1. The maximum Gasteiger partial charge on any atom is 0.254 e. The maximum atomic E-state index is 11.4. The highest BCUT2D eigenvalue weighted by molar-refractivity contribution is 6.32. The molecule has 0 spiro atoms. The SMILES string of the molecule is O=C(NCCCO)c1cccnc1Cl. The van der Waals surface area contributed by atoms with E-state index < -0.39 is 0 Å². The highest BCUT2D eigenvalue weighted by Gasteiger charge is 2.08. The largest absolute Gasteiger partial charge is 0.396 e. The van der Waals surface area contributed by atoms with E-state index in [1.807, 2.05) is 0 Å². The second kappa shape index (κ2) is 5.57. The lowest BCUT2D eigenvalue weighted by Crippen LogP contribution is -2.25. The van der Waals surface area contributed by atoms with Crippen LogP contribution < -0.4 is 5.32 Å². The predicted molar refractivity (Wildman–Crippen MR) is 53.3 cm³/mol. The van der Waals surface area contributed by atoms with Gasteiger partial charge in [-0.1, -0.05) is 11.6 Å². The molecule has 2 N–H and O–H groups in total. The number of carbonyl (C=O) groups excluding carboxylic acids is 1. The molecule has 0 atom stereocenters. The zero-order valence-electron chi connectivity index (χ0n) is 7.53. The van der Waals surface area contributed by atoms with Crippen LogP contribution in [0.15, 0.2) is 18.3 Å². The van der Waals surface area contributed by atoms with Crippen LogP contribution in [0.1, 0.15) is 16.8 Å². The smallest absolute Gasteiger partial charge is 0.254 e. The van der Waals surface area contributed by atoms with Crippen LogP contribution in [-0.2, 0) is 0 Å². The number of rotatable bonds is 4. The monoisotopic (exact) mass is 214 g/mol. The second-order valence-electron chi connectivity index (χ2n) is 2.67. The van der Waals surface area contributed by atoms with Crippen molar-refractivity contribution in [2.45, 2.75) is 6.42 Å². The summed E-state index contributed by atoms with van der Waals surface area (Å²) >= 11 is 5.71. The Bertz CT molecular complexity index is 317. The number of nitrogens with zero attached hydrogens (tertiary/aromatic N) is 1. The van der Waals surface area contributed by atoms with E-state index in [2.05, 4.69) is 10.3 Å². The first kappa shape index (κ1) is 10.9. The van der Waals surface area contributed by atoms with E-state index in [0.717, 1.165) is 0 Å². The third kappa shape index (κ3) is 2.97. The average Bonchev–Trinajstić information content (AvgIpc) is 2.18. The van der Waals surface area contributed by atoms with E-state index in [-0.39, 0.29) is 17.7 Å². The Morgan fingerprint density at radius 2 is 2.43 bits per heavy atom. The van der Waals surface area contributed by atoms with Crippen LogP contribution in [0.4, 0.5) is 0 Å². The van der Waals surface area contributed by atoms with Gasteiger partial charge in [0.15, 0.2) is 0 Å². The predicted octanol–water partition coefficient (Wildman–Crippen LogP) is 0.847. The molecule has 0 aliphatic carbocycles. The van der Waals surface area contributed by atoms with E-state index in [1.165, 1.54) is 6.20 Å². The molecule has 1 heterocycles. The molecule has 14 heavy (non-hydrogen) atoms. The minimum absolute atomic E-state index is 0.0566. The lowest BCUT2D eigenvalue weighted by molar-refractivity contribution is 0.0951. The summed E-state index contributed by atoms with van der Waals surface area (Å²) in [7, 11) is 0. The Hall–Kier alpha value is -1.13. The normalized spacial score (nSPS) is 9.86. The third-order valence-electron chi connectivity index (χ3n) is 1.62. The lowest BCUT2D eigenvalue weighted by Gasteiger charge is -2.04. The number of nitrogens with one attached hydrogen (secondary N) is 1. The van der Waals surface area contributed by atoms with Crippen LogP contribution in [-0.4, -0.2) is 29.1 Å². The van der Waals surface area contributed by atoms with Crippen molar-refractivity contribution in [3.63, 3.8) is 0 Å². The van der Waals surface area contributed by atoms with E-state index >= 15 is 0 Å². The van der Waals surface area contributed by atoms with Crippen LogP contribution in [0.3, 0.4) is 0 Å². The van der Waals surface area contributed by atoms with E-state index in [1.54, 1.807) is 12.1 Å². The van der Waals surface area contributed by atoms with Crippen molar-refractivity contribution in [3.8, 4) is 0 Å². The first-order valence-electron chi connectivity index (χ1n) is 4.25. The highest BCUT2D eigenvalue weighted by atomic mass is 35.5. The molecule has 0 saturated heterocycles. The topological polar surface area (TPSA) is 62.2 Å². The Labute approximate surface area is 86.9 Å². The molecule has 0 aliphatic heterocycles. The van der Waals surface area contributed by atoms with Crippen molar-refractivity contribution in [2.24, 2.45) is 0 Å². The first-order chi connectivity index (χ1) is 6.75. The second-order valence-corrected chi connectivity index (χ2v) is 3.03. The Morgan fingerprint density at radius 3 is 3.07 bits per heavy atom. The van der Waals surface area contributed by atoms with Gasteiger partial charge in [0.25, 0.3) is 5.91 Å².